The highest BCUT2D eigenvalue weighted by Gasteiger charge is 2.20. The van der Waals surface area contributed by atoms with Crippen molar-refractivity contribution in [3.63, 3.8) is 0 Å². The summed E-state index contributed by atoms with van der Waals surface area (Å²) >= 11 is 0. The average molecular weight is 237 g/mol. The van der Waals surface area contributed by atoms with Gasteiger partial charge < -0.3 is 20.7 Å². The van der Waals surface area contributed by atoms with Crippen molar-refractivity contribution < 1.29 is 4.74 Å². The fourth-order valence-electron chi connectivity index (χ4n) is 1.92. The average Bonchev–Trinajstić information content (AvgIpc) is 2.38. The van der Waals surface area contributed by atoms with Crippen LogP contribution in [0.15, 0.2) is 6.07 Å². The maximum absolute atomic E-state index is 5.69. The van der Waals surface area contributed by atoms with Gasteiger partial charge in [-0.3, -0.25) is 0 Å². The minimum absolute atomic E-state index is 0.276. The molecule has 0 aromatic carbocycles. The van der Waals surface area contributed by atoms with Crippen molar-refractivity contribution in [2.24, 2.45) is 0 Å². The van der Waals surface area contributed by atoms with Crippen LogP contribution in [0.5, 0.6) is 0 Å². The van der Waals surface area contributed by atoms with Gasteiger partial charge in [-0.2, -0.15) is 9.97 Å². The van der Waals surface area contributed by atoms with E-state index in [1.54, 1.807) is 0 Å². The van der Waals surface area contributed by atoms with Crippen LogP contribution in [-0.2, 0) is 4.74 Å². The highest BCUT2D eigenvalue weighted by atomic mass is 16.5. The van der Waals surface area contributed by atoms with Crippen LogP contribution in [0.3, 0.4) is 0 Å². The van der Waals surface area contributed by atoms with E-state index < -0.39 is 0 Å². The summed E-state index contributed by atoms with van der Waals surface area (Å²) in [6.07, 6.45) is 1.29. The number of anilines is 3. The molecule has 1 fully saturated rings. The van der Waals surface area contributed by atoms with Gasteiger partial charge in [-0.05, 0) is 6.42 Å². The number of aromatic nitrogens is 2. The van der Waals surface area contributed by atoms with Gasteiger partial charge in [-0.1, -0.05) is 6.92 Å². The lowest BCUT2D eigenvalue weighted by molar-refractivity contribution is 0.0382. The summed E-state index contributed by atoms with van der Waals surface area (Å²) in [6, 6.07) is 1.91. The zero-order valence-electron chi connectivity index (χ0n) is 10.3. The monoisotopic (exact) mass is 237 g/mol. The van der Waals surface area contributed by atoms with Crippen LogP contribution in [0.4, 0.5) is 17.6 Å². The zero-order chi connectivity index (χ0) is 12.3. The Morgan fingerprint density at radius 3 is 3.12 bits per heavy atom. The van der Waals surface area contributed by atoms with Crippen molar-refractivity contribution in [1.29, 1.82) is 0 Å². The molecule has 2 heterocycles. The molecule has 0 aliphatic carbocycles. The van der Waals surface area contributed by atoms with Gasteiger partial charge in [0.1, 0.15) is 11.6 Å². The molecule has 1 saturated heterocycles. The molecule has 1 aromatic heterocycles. The summed E-state index contributed by atoms with van der Waals surface area (Å²) in [7, 11) is 1.82. The lowest BCUT2D eigenvalue weighted by atomic mass is 10.2. The van der Waals surface area contributed by atoms with Gasteiger partial charge in [0.15, 0.2) is 0 Å². The molecule has 94 valence electrons. The first kappa shape index (κ1) is 11.9. The molecule has 6 heteroatoms. The van der Waals surface area contributed by atoms with Crippen molar-refractivity contribution in [3.05, 3.63) is 6.07 Å². The number of hydrogen-bond acceptors (Lipinski definition) is 6. The molecule has 3 N–H and O–H groups in total. The van der Waals surface area contributed by atoms with Gasteiger partial charge in [0, 0.05) is 26.2 Å². The lowest BCUT2D eigenvalue weighted by Crippen LogP contribution is -2.42. The van der Waals surface area contributed by atoms with Crippen LogP contribution in [0.2, 0.25) is 0 Å². The molecular weight excluding hydrogens is 218 g/mol. The van der Waals surface area contributed by atoms with E-state index in [9.17, 15) is 0 Å². The SMILES string of the molecule is CCC1CN(c2cc(NC)nc(N)n2)CCO1. The maximum Gasteiger partial charge on any atom is 0.223 e. The first-order valence-electron chi connectivity index (χ1n) is 5.91. The second-order valence-electron chi connectivity index (χ2n) is 4.07. The van der Waals surface area contributed by atoms with Crippen molar-refractivity contribution in [3.8, 4) is 0 Å². The van der Waals surface area contributed by atoms with Crippen LogP contribution in [0.1, 0.15) is 13.3 Å². The topological polar surface area (TPSA) is 76.3 Å². The minimum Gasteiger partial charge on any atom is -0.375 e. The molecule has 1 atom stereocenters. The van der Waals surface area contributed by atoms with E-state index in [1.807, 2.05) is 13.1 Å². The number of nitrogens with one attached hydrogen (secondary N) is 1. The van der Waals surface area contributed by atoms with Gasteiger partial charge in [-0.25, -0.2) is 0 Å². The van der Waals surface area contributed by atoms with Crippen LogP contribution in [0.25, 0.3) is 0 Å². The predicted octanol–water partition coefficient (Wildman–Crippen LogP) is 0.716. The van der Waals surface area contributed by atoms with E-state index in [-0.39, 0.29) is 6.10 Å². The summed E-state index contributed by atoms with van der Waals surface area (Å²) in [6.45, 7) is 4.56. The van der Waals surface area contributed by atoms with Crippen molar-refractivity contribution in [2.45, 2.75) is 19.4 Å². The van der Waals surface area contributed by atoms with Crippen LogP contribution in [-0.4, -0.2) is 42.8 Å². The Kier molecular flexibility index (Phi) is 3.63. The Morgan fingerprint density at radius 1 is 1.59 bits per heavy atom. The van der Waals surface area contributed by atoms with E-state index in [4.69, 9.17) is 10.5 Å². The summed E-state index contributed by atoms with van der Waals surface area (Å²) in [4.78, 5) is 10.5. The summed E-state index contributed by atoms with van der Waals surface area (Å²) in [5.41, 5.74) is 5.69. The van der Waals surface area contributed by atoms with Gasteiger partial charge >= 0.3 is 0 Å². The van der Waals surface area contributed by atoms with E-state index in [1.165, 1.54) is 0 Å². The smallest absolute Gasteiger partial charge is 0.223 e. The van der Waals surface area contributed by atoms with Crippen LogP contribution >= 0.6 is 0 Å². The Labute approximate surface area is 101 Å². The highest BCUT2D eigenvalue weighted by Crippen LogP contribution is 2.20. The molecule has 0 radical (unpaired) electrons. The number of nitrogen functional groups attached to an aromatic ring is 1. The summed E-state index contributed by atoms with van der Waals surface area (Å²) in [5.74, 6) is 1.90. The zero-order valence-corrected chi connectivity index (χ0v) is 10.3. The third kappa shape index (κ3) is 2.76. The number of morpholine rings is 1. The van der Waals surface area contributed by atoms with Gasteiger partial charge in [-0.15, -0.1) is 0 Å². The van der Waals surface area contributed by atoms with Crippen molar-refractivity contribution in [2.75, 3.05) is 42.7 Å². The van der Waals surface area contributed by atoms with Gasteiger partial charge in [0.25, 0.3) is 0 Å². The number of nitrogens with two attached hydrogens (primary N) is 1. The highest BCUT2D eigenvalue weighted by molar-refractivity contribution is 5.52. The molecule has 2 rings (SSSR count). The first-order chi connectivity index (χ1) is 8.22. The molecule has 1 aliphatic rings. The largest absolute Gasteiger partial charge is 0.375 e. The molecule has 0 amide bonds. The number of hydrogen-bond donors (Lipinski definition) is 2. The molecule has 6 nitrogen and oxygen atoms in total. The lowest BCUT2D eigenvalue weighted by Gasteiger charge is -2.33. The second-order valence-corrected chi connectivity index (χ2v) is 4.07. The van der Waals surface area contributed by atoms with Crippen molar-refractivity contribution in [1.82, 2.24) is 9.97 Å². The van der Waals surface area contributed by atoms with E-state index in [0.29, 0.717) is 5.95 Å². The third-order valence-corrected chi connectivity index (χ3v) is 2.90. The van der Waals surface area contributed by atoms with E-state index in [2.05, 4.69) is 27.1 Å². The normalized spacial score (nSPS) is 20.4. The standard InChI is InChI=1S/C11H19N5O/c1-3-8-7-16(4-5-17-8)10-6-9(13-2)14-11(12)15-10/h6,8H,3-5,7H2,1-2H3,(H3,12,13,14,15). The molecule has 0 spiro atoms. The van der Waals surface area contributed by atoms with Gasteiger partial charge in [0.05, 0.1) is 12.7 Å². The van der Waals surface area contributed by atoms with Gasteiger partial charge in [0.2, 0.25) is 5.95 Å². The Morgan fingerprint density at radius 2 is 2.41 bits per heavy atom. The van der Waals surface area contributed by atoms with E-state index >= 15 is 0 Å². The van der Waals surface area contributed by atoms with Crippen LogP contribution in [0, 0.1) is 0 Å². The quantitative estimate of drug-likeness (QED) is 0.806. The predicted molar refractivity (Wildman–Crippen MR) is 68.2 cm³/mol. The molecule has 1 aliphatic heterocycles. The molecule has 0 saturated carbocycles. The van der Waals surface area contributed by atoms with Crippen molar-refractivity contribution >= 4 is 17.6 Å². The molecule has 0 bridgehead atoms. The number of ether oxygens (including phenoxy) is 1. The molecule has 1 aromatic rings. The molecule has 17 heavy (non-hydrogen) atoms. The van der Waals surface area contributed by atoms with Crippen LogP contribution < -0.4 is 16.0 Å². The first-order valence-corrected chi connectivity index (χ1v) is 5.91. The van der Waals surface area contributed by atoms with E-state index in [0.717, 1.165) is 37.8 Å². The molecular formula is C11H19N5O. The Bertz CT molecular complexity index is 384. The number of nitrogens with zero attached hydrogens (tertiary/aromatic N) is 3. The fourth-order valence-corrected chi connectivity index (χ4v) is 1.92. The fraction of sp³-hybridized carbons (Fsp3) is 0.636. The third-order valence-electron chi connectivity index (χ3n) is 2.90. The summed E-state index contributed by atoms with van der Waals surface area (Å²) in [5, 5.41) is 2.98. The Hall–Kier alpha value is -1.56. The number of rotatable bonds is 3. The second kappa shape index (κ2) is 5.18. The maximum atomic E-state index is 5.69. The summed E-state index contributed by atoms with van der Waals surface area (Å²) < 4.78 is 5.63. The Balaban J connectivity index is 2.18. The molecule has 1 unspecified atom stereocenters. The minimum atomic E-state index is 0.276.